The quantitative estimate of drug-likeness (QED) is 0.585. The van der Waals surface area contributed by atoms with Gasteiger partial charge in [0.1, 0.15) is 0 Å². The van der Waals surface area contributed by atoms with Crippen molar-refractivity contribution >= 4 is 39.0 Å². The fourth-order valence-corrected chi connectivity index (χ4v) is 3.57. The number of anilines is 1. The van der Waals surface area contributed by atoms with Crippen LogP contribution in [0.4, 0.5) is 5.69 Å². The van der Waals surface area contributed by atoms with Crippen LogP contribution in [0.3, 0.4) is 0 Å². The minimum atomic E-state index is -0.193. The molecule has 4 rings (SSSR count). The molecule has 0 saturated heterocycles. The number of benzene rings is 2. The van der Waals surface area contributed by atoms with Crippen LogP contribution in [-0.2, 0) is 4.79 Å². The van der Waals surface area contributed by atoms with Crippen molar-refractivity contribution < 1.29 is 9.59 Å². The van der Waals surface area contributed by atoms with Crippen molar-refractivity contribution in [2.45, 2.75) is 6.92 Å². The monoisotopic (exact) mass is 294 g/mol. The number of carbonyl (C=O) groups is 2. The molecule has 1 amide bonds. The smallest absolute Gasteiger partial charge is 0.221 e. The number of amides is 1. The van der Waals surface area contributed by atoms with Crippen molar-refractivity contribution in [2.75, 3.05) is 5.32 Å². The van der Waals surface area contributed by atoms with E-state index in [0.717, 1.165) is 21.3 Å². The van der Waals surface area contributed by atoms with Gasteiger partial charge in [-0.25, -0.2) is 0 Å². The Morgan fingerprint density at radius 2 is 1.90 bits per heavy atom. The van der Waals surface area contributed by atoms with Crippen LogP contribution in [0.2, 0.25) is 0 Å². The van der Waals surface area contributed by atoms with Gasteiger partial charge in [-0.3, -0.25) is 9.59 Å². The van der Waals surface area contributed by atoms with Gasteiger partial charge in [-0.1, -0.05) is 24.3 Å². The molecule has 1 heterocycles. The normalized spacial score (nSPS) is 12.3. The molecule has 4 nitrogen and oxygen atoms in total. The highest BCUT2D eigenvalue weighted by Crippen LogP contribution is 2.43. The van der Waals surface area contributed by atoms with Crippen LogP contribution >= 0.6 is 11.5 Å². The zero-order valence-electron chi connectivity index (χ0n) is 11.1. The molecule has 1 aromatic heterocycles. The maximum absolute atomic E-state index is 12.8. The molecule has 2 aromatic carbocycles. The Kier molecular flexibility index (Phi) is 2.46. The van der Waals surface area contributed by atoms with E-state index in [1.165, 1.54) is 18.5 Å². The summed E-state index contributed by atoms with van der Waals surface area (Å²) in [5.41, 5.74) is 3.42. The van der Waals surface area contributed by atoms with Crippen LogP contribution in [-0.4, -0.2) is 16.1 Å². The fraction of sp³-hybridized carbons (Fsp3) is 0.0625. The summed E-state index contributed by atoms with van der Waals surface area (Å²) in [7, 11) is 0. The molecule has 0 saturated carbocycles. The predicted octanol–water partition coefficient (Wildman–Crippen LogP) is 3.47. The Morgan fingerprint density at radius 3 is 2.67 bits per heavy atom. The van der Waals surface area contributed by atoms with E-state index in [1.54, 1.807) is 12.1 Å². The minimum absolute atomic E-state index is 0.0624. The van der Waals surface area contributed by atoms with Crippen LogP contribution in [0.5, 0.6) is 0 Å². The van der Waals surface area contributed by atoms with E-state index < -0.39 is 0 Å². The standard InChI is InChI=1S/C16H10N2O2S/c1-8(19)17-11-6-7-12-14-13(11)16(20)10-5-3-2-4-9(10)15(14)18-21-12/h2-7H,1H3,(H,17,19). The predicted molar refractivity (Wildman–Crippen MR) is 82.8 cm³/mol. The molecule has 0 bridgehead atoms. The summed E-state index contributed by atoms with van der Waals surface area (Å²) < 4.78 is 5.45. The highest BCUT2D eigenvalue weighted by molar-refractivity contribution is 7.13. The lowest BCUT2D eigenvalue weighted by Crippen LogP contribution is -2.15. The zero-order chi connectivity index (χ0) is 14.6. The molecule has 3 aromatic rings. The van der Waals surface area contributed by atoms with Gasteiger partial charge in [0.25, 0.3) is 0 Å². The Bertz CT molecular complexity index is 927. The highest BCUT2D eigenvalue weighted by atomic mass is 32.1. The van der Waals surface area contributed by atoms with Gasteiger partial charge in [0.2, 0.25) is 5.91 Å². The lowest BCUT2D eigenvalue weighted by atomic mass is 9.86. The summed E-state index contributed by atoms with van der Waals surface area (Å²) >= 11 is 1.37. The number of nitrogens with one attached hydrogen (secondary N) is 1. The molecule has 102 valence electrons. The minimum Gasteiger partial charge on any atom is -0.326 e. The summed E-state index contributed by atoms with van der Waals surface area (Å²) in [5.74, 6) is -0.255. The van der Waals surface area contributed by atoms with Crippen molar-refractivity contribution in [2.24, 2.45) is 0 Å². The molecular formula is C16H10N2O2S. The highest BCUT2D eigenvalue weighted by Gasteiger charge is 2.29. The molecule has 0 fully saturated rings. The Labute approximate surface area is 124 Å². The molecular weight excluding hydrogens is 284 g/mol. The van der Waals surface area contributed by atoms with Gasteiger partial charge < -0.3 is 5.32 Å². The first-order chi connectivity index (χ1) is 10.2. The number of nitrogens with zero attached hydrogens (tertiary/aromatic N) is 1. The van der Waals surface area contributed by atoms with Gasteiger partial charge in [0.15, 0.2) is 5.78 Å². The van der Waals surface area contributed by atoms with Crippen molar-refractivity contribution in [3.8, 4) is 11.3 Å². The molecule has 0 atom stereocenters. The average Bonchev–Trinajstić information content (AvgIpc) is 2.89. The fourth-order valence-electron chi connectivity index (χ4n) is 2.77. The summed E-state index contributed by atoms with van der Waals surface area (Å²) in [6.45, 7) is 1.44. The second kappa shape index (κ2) is 4.23. The summed E-state index contributed by atoms with van der Waals surface area (Å²) in [4.78, 5) is 24.2. The number of hydrogen-bond donors (Lipinski definition) is 1. The third-order valence-corrected chi connectivity index (χ3v) is 4.41. The van der Waals surface area contributed by atoms with Crippen molar-refractivity contribution in [1.82, 2.24) is 4.37 Å². The van der Waals surface area contributed by atoms with E-state index in [9.17, 15) is 9.59 Å². The first-order valence-electron chi connectivity index (χ1n) is 6.51. The lowest BCUT2D eigenvalue weighted by Gasteiger charge is -2.17. The number of ketones is 1. The number of hydrogen-bond acceptors (Lipinski definition) is 4. The molecule has 5 heteroatoms. The van der Waals surface area contributed by atoms with E-state index in [-0.39, 0.29) is 11.7 Å². The second-order valence-electron chi connectivity index (χ2n) is 4.95. The van der Waals surface area contributed by atoms with E-state index in [2.05, 4.69) is 9.69 Å². The van der Waals surface area contributed by atoms with Gasteiger partial charge in [0.05, 0.1) is 21.6 Å². The SMILES string of the molecule is CC(=O)Nc1ccc2snc3c2c1C(=O)c1ccccc1-3. The van der Waals surface area contributed by atoms with Gasteiger partial charge in [0, 0.05) is 23.4 Å². The third kappa shape index (κ3) is 1.64. The van der Waals surface area contributed by atoms with Crippen LogP contribution in [0.25, 0.3) is 21.3 Å². The Morgan fingerprint density at radius 1 is 1.14 bits per heavy atom. The molecule has 1 aliphatic rings. The second-order valence-corrected chi connectivity index (χ2v) is 5.75. The van der Waals surface area contributed by atoms with E-state index in [0.29, 0.717) is 16.8 Å². The zero-order valence-corrected chi connectivity index (χ0v) is 12.0. The first kappa shape index (κ1) is 12.2. The van der Waals surface area contributed by atoms with Gasteiger partial charge in [-0.15, -0.1) is 0 Å². The molecule has 0 unspecified atom stereocenters. The van der Waals surface area contributed by atoms with Crippen LogP contribution < -0.4 is 5.32 Å². The first-order valence-corrected chi connectivity index (χ1v) is 7.28. The van der Waals surface area contributed by atoms with E-state index in [1.807, 2.05) is 24.3 Å². The Hall–Kier alpha value is -2.53. The van der Waals surface area contributed by atoms with Gasteiger partial charge in [-0.2, -0.15) is 4.37 Å². The topological polar surface area (TPSA) is 59.1 Å². The molecule has 1 N–H and O–H groups in total. The van der Waals surface area contributed by atoms with Crippen molar-refractivity contribution in [1.29, 1.82) is 0 Å². The summed E-state index contributed by atoms with van der Waals surface area (Å²) in [6, 6.07) is 11.1. The third-order valence-electron chi connectivity index (χ3n) is 3.60. The van der Waals surface area contributed by atoms with Crippen LogP contribution in [0, 0.1) is 0 Å². The van der Waals surface area contributed by atoms with Crippen molar-refractivity contribution in [3.63, 3.8) is 0 Å². The van der Waals surface area contributed by atoms with Gasteiger partial charge in [-0.05, 0) is 23.7 Å². The summed E-state index contributed by atoms with van der Waals surface area (Å²) in [5, 5.41) is 3.59. The number of aromatic nitrogens is 1. The molecule has 0 aliphatic heterocycles. The average molecular weight is 294 g/mol. The van der Waals surface area contributed by atoms with Crippen LogP contribution in [0.1, 0.15) is 22.8 Å². The number of rotatable bonds is 1. The van der Waals surface area contributed by atoms with Crippen molar-refractivity contribution in [3.05, 3.63) is 47.5 Å². The molecule has 0 spiro atoms. The van der Waals surface area contributed by atoms with Gasteiger partial charge >= 0.3 is 0 Å². The lowest BCUT2D eigenvalue weighted by molar-refractivity contribution is -0.114. The maximum Gasteiger partial charge on any atom is 0.221 e. The molecule has 21 heavy (non-hydrogen) atoms. The number of carbonyl (C=O) groups excluding carboxylic acids is 2. The largest absolute Gasteiger partial charge is 0.326 e. The van der Waals surface area contributed by atoms with E-state index in [4.69, 9.17) is 0 Å². The van der Waals surface area contributed by atoms with Crippen LogP contribution in [0.15, 0.2) is 36.4 Å². The number of fused-ring (bicyclic) bond motifs is 2. The molecule has 1 aliphatic carbocycles. The summed E-state index contributed by atoms with van der Waals surface area (Å²) in [6.07, 6.45) is 0. The molecule has 0 radical (unpaired) electrons. The Balaban J connectivity index is 2.12. The van der Waals surface area contributed by atoms with E-state index >= 15 is 0 Å². The maximum atomic E-state index is 12.8.